The molecule has 29 heavy (non-hydrogen) atoms. The summed E-state index contributed by atoms with van der Waals surface area (Å²) in [7, 11) is 0. The number of carbonyl (C=O) groups is 1. The minimum absolute atomic E-state index is 0.0451. The highest BCUT2D eigenvalue weighted by Gasteiger charge is 2.03. The van der Waals surface area contributed by atoms with Gasteiger partial charge in [0.25, 0.3) is 0 Å². The van der Waals surface area contributed by atoms with Crippen molar-refractivity contribution in [3.05, 3.63) is 107 Å². The fourth-order valence-corrected chi connectivity index (χ4v) is 2.68. The normalized spacial score (nSPS) is 10.9. The van der Waals surface area contributed by atoms with Crippen LogP contribution in [0.2, 0.25) is 0 Å². The van der Waals surface area contributed by atoms with Gasteiger partial charge in [-0.3, -0.25) is 4.79 Å². The SMILES string of the molecule is O=C=C(C=Cc1cc(C=CC(=O)c2ccccc2)ccc1O)c1ccc(O)cc1. The van der Waals surface area contributed by atoms with E-state index < -0.39 is 0 Å². The van der Waals surface area contributed by atoms with Gasteiger partial charge in [0, 0.05) is 11.1 Å². The summed E-state index contributed by atoms with van der Waals surface area (Å²) in [6, 6.07) is 20.0. The van der Waals surface area contributed by atoms with Crippen molar-refractivity contribution >= 4 is 29.4 Å². The number of allylic oxidation sites excluding steroid dienone is 3. The average Bonchev–Trinajstić information content (AvgIpc) is 2.76. The summed E-state index contributed by atoms with van der Waals surface area (Å²) in [6.07, 6.45) is 6.28. The number of phenolic OH excluding ortho intramolecular Hbond substituents is 2. The van der Waals surface area contributed by atoms with E-state index in [1.165, 1.54) is 30.4 Å². The van der Waals surface area contributed by atoms with E-state index in [4.69, 9.17) is 0 Å². The first kappa shape index (κ1) is 19.6. The summed E-state index contributed by atoms with van der Waals surface area (Å²) >= 11 is 0. The van der Waals surface area contributed by atoms with Gasteiger partial charge < -0.3 is 10.2 Å². The summed E-state index contributed by atoms with van der Waals surface area (Å²) in [4.78, 5) is 23.5. The number of aromatic hydroxyl groups is 2. The molecule has 4 nitrogen and oxygen atoms in total. The molecule has 0 aliphatic carbocycles. The Balaban J connectivity index is 1.80. The third-order valence-corrected chi connectivity index (χ3v) is 4.25. The topological polar surface area (TPSA) is 74.6 Å². The molecule has 0 saturated carbocycles. The maximum atomic E-state index is 12.2. The molecule has 0 bridgehead atoms. The van der Waals surface area contributed by atoms with Gasteiger partial charge >= 0.3 is 0 Å². The second-order valence-corrected chi connectivity index (χ2v) is 6.28. The molecule has 0 spiro atoms. The molecule has 0 aromatic heterocycles. The highest BCUT2D eigenvalue weighted by molar-refractivity contribution is 6.06. The minimum atomic E-state index is -0.116. The zero-order valence-corrected chi connectivity index (χ0v) is 15.4. The molecule has 0 amide bonds. The molecule has 3 aromatic rings. The number of ketones is 1. The Morgan fingerprint density at radius 2 is 1.52 bits per heavy atom. The van der Waals surface area contributed by atoms with Crippen LogP contribution in [0.3, 0.4) is 0 Å². The van der Waals surface area contributed by atoms with Crippen LogP contribution in [0.4, 0.5) is 0 Å². The Kier molecular flexibility index (Phi) is 6.21. The zero-order chi connectivity index (χ0) is 20.6. The number of phenols is 2. The van der Waals surface area contributed by atoms with Crippen molar-refractivity contribution < 1.29 is 19.8 Å². The molecule has 4 heteroatoms. The molecule has 142 valence electrons. The van der Waals surface area contributed by atoms with Crippen molar-refractivity contribution in [3.8, 4) is 11.5 Å². The van der Waals surface area contributed by atoms with Gasteiger partial charge in [0.15, 0.2) is 5.78 Å². The second-order valence-electron chi connectivity index (χ2n) is 6.28. The maximum absolute atomic E-state index is 12.2. The molecule has 0 saturated heterocycles. The zero-order valence-electron chi connectivity index (χ0n) is 15.4. The molecular weight excluding hydrogens is 364 g/mol. The summed E-state index contributed by atoms with van der Waals surface area (Å²) in [5, 5.41) is 19.5. The van der Waals surface area contributed by atoms with E-state index in [2.05, 4.69) is 0 Å². The highest BCUT2D eigenvalue weighted by Crippen LogP contribution is 2.23. The first-order chi connectivity index (χ1) is 14.1. The monoisotopic (exact) mass is 382 g/mol. The fraction of sp³-hybridized carbons (Fsp3) is 0. The van der Waals surface area contributed by atoms with Gasteiger partial charge in [-0.15, -0.1) is 0 Å². The van der Waals surface area contributed by atoms with Crippen LogP contribution in [0.25, 0.3) is 17.7 Å². The van der Waals surface area contributed by atoms with E-state index in [1.807, 2.05) is 12.0 Å². The Morgan fingerprint density at radius 3 is 2.21 bits per heavy atom. The lowest BCUT2D eigenvalue weighted by atomic mass is 10.0. The number of hydrogen-bond acceptors (Lipinski definition) is 4. The van der Waals surface area contributed by atoms with E-state index in [-0.39, 0.29) is 22.9 Å². The van der Waals surface area contributed by atoms with E-state index >= 15 is 0 Å². The van der Waals surface area contributed by atoms with Crippen LogP contribution in [0.15, 0.2) is 84.9 Å². The van der Waals surface area contributed by atoms with Gasteiger partial charge in [-0.1, -0.05) is 42.5 Å². The van der Waals surface area contributed by atoms with Crippen LogP contribution < -0.4 is 0 Å². The van der Waals surface area contributed by atoms with E-state index in [9.17, 15) is 19.8 Å². The van der Waals surface area contributed by atoms with Gasteiger partial charge in [-0.25, -0.2) is 4.79 Å². The van der Waals surface area contributed by atoms with Crippen LogP contribution in [0, 0.1) is 0 Å². The molecule has 0 fully saturated rings. The van der Waals surface area contributed by atoms with Crippen molar-refractivity contribution in [1.82, 2.24) is 0 Å². The third-order valence-electron chi connectivity index (χ3n) is 4.25. The lowest BCUT2D eigenvalue weighted by molar-refractivity contribution is 0.104. The first-order valence-corrected chi connectivity index (χ1v) is 8.90. The van der Waals surface area contributed by atoms with Crippen LogP contribution in [-0.2, 0) is 4.79 Å². The van der Waals surface area contributed by atoms with E-state index in [0.29, 0.717) is 16.7 Å². The van der Waals surface area contributed by atoms with Crippen molar-refractivity contribution in [2.24, 2.45) is 0 Å². The van der Waals surface area contributed by atoms with Crippen molar-refractivity contribution in [2.45, 2.75) is 0 Å². The Hall–Kier alpha value is -4.14. The molecule has 0 aliphatic rings. The Morgan fingerprint density at radius 1 is 0.793 bits per heavy atom. The van der Waals surface area contributed by atoms with Crippen LogP contribution >= 0.6 is 0 Å². The minimum Gasteiger partial charge on any atom is -0.508 e. The second kappa shape index (κ2) is 9.18. The summed E-state index contributed by atoms with van der Waals surface area (Å²) in [5.74, 6) is 1.89. The standard InChI is InChI=1S/C25H18O4/c26-17-22(19-10-12-23(27)13-11-19)9-8-21-16-18(7-15-25(21)29)6-14-24(28)20-4-2-1-3-5-20/h1-16,27,29H. The van der Waals surface area contributed by atoms with Crippen LogP contribution in [-0.4, -0.2) is 21.9 Å². The summed E-state index contributed by atoms with van der Waals surface area (Å²) < 4.78 is 0. The molecule has 0 atom stereocenters. The van der Waals surface area contributed by atoms with Crippen LogP contribution in [0.5, 0.6) is 11.5 Å². The largest absolute Gasteiger partial charge is 0.508 e. The highest BCUT2D eigenvalue weighted by atomic mass is 16.3. The predicted molar refractivity (Wildman–Crippen MR) is 114 cm³/mol. The Labute approximate surface area is 168 Å². The fourth-order valence-electron chi connectivity index (χ4n) is 2.68. The lowest BCUT2D eigenvalue weighted by Crippen LogP contribution is -1.92. The number of rotatable bonds is 6. The van der Waals surface area contributed by atoms with E-state index in [0.717, 1.165) is 5.56 Å². The predicted octanol–water partition coefficient (Wildman–Crippen LogP) is 4.92. The molecule has 0 radical (unpaired) electrons. The van der Waals surface area contributed by atoms with E-state index in [1.54, 1.807) is 60.7 Å². The summed E-state index contributed by atoms with van der Waals surface area (Å²) in [5.41, 5.74) is 2.69. The van der Waals surface area contributed by atoms with Gasteiger partial charge in [-0.2, -0.15) is 0 Å². The lowest BCUT2D eigenvalue weighted by Gasteiger charge is -2.03. The van der Waals surface area contributed by atoms with Gasteiger partial charge in [-0.05, 0) is 65.8 Å². The maximum Gasteiger partial charge on any atom is 0.185 e. The van der Waals surface area contributed by atoms with Crippen molar-refractivity contribution in [1.29, 1.82) is 0 Å². The Bertz CT molecular complexity index is 1120. The molecule has 0 unspecified atom stereocenters. The van der Waals surface area contributed by atoms with Crippen LogP contribution in [0.1, 0.15) is 27.0 Å². The number of benzene rings is 3. The number of carbonyl (C=O) groups excluding carboxylic acids is 2. The molecular formula is C25H18O4. The van der Waals surface area contributed by atoms with Gasteiger partial charge in [0.1, 0.15) is 17.4 Å². The van der Waals surface area contributed by atoms with Gasteiger partial charge in [0.2, 0.25) is 0 Å². The van der Waals surface area contributed by atoms with Crippen molar-refractivity contribution in [2.75, 3.05) is 0 Å². The molecule has 3 rings (SSSR count). The third kappa shape index (κ3) is 5.19. The molecule has 2 N–H and O–H groups in total. The summed E-state index contributed by atoms with van der Waals surface area (Å²) in [6.45, 7) is 0. The molecule has 0 aliphatic heterocycles. The quantitative estimate of drug-likeness (QED) is 0.275. The smallest absolute Gasteiger partial charge is 0.185 e. The molecule has 0 heterocycles. The van der Waals surface area contributed by atoms with Crippen molar-refractivity contribution in [3.63, 3.8) is 0 Å². The van der Waals surface area contributed by atoms with Gasteiger partial charge in [0.05, 0.1) is 5.57 Å². The first-order valence-electron chi connectivity index (χ1n) is 8.90. The number of hydrogen-bond donors (Lipinski definition) is 2. The molecule has 3 aromatic carbocycles. The average molecular weight is 382 g/mol.